The molecule has 70 heavy (non-hydrogen) atoms. The molecule has 1 heterocycles. The van der Waals surface area contributed by atoms with E-state index in [2.05, 4.69) is 35.8 Å². The Morgan fingerprint density at radius 3 is 1.50 bits per heavy atom. The topological polar surface area (TPSA) is 466 Å². The molecule has 0 amide bonds. The Labute approximate surface area is 389 Å². The SMILES string of the molecule is O=C(O)c1cc(S(=O)(=O)O)ccc1N=Nc1cc(OCCO)c(N=Nc2c(S(=O)(=O)O)cc3c(-n4[nH]c(C(=O)O)c(N=Nc5ccc(S(=O)(=O)O)cc5C(=O)O)c4=O)cccc3c2O)cc1OCCO. The second-order valence-electron chi connectivity index (χ2n) is 13.7. The number of phenolic OH excluding ortho intramolecular Hbond substituents is 1. The van der Waals surface area contributed by atoms with Gasteiger partial charge in [0.1, 0.15) is 58.0 Å². The van der Waals surface area contributed by atoms with Crippen LogP contribution in [0.25, 0.3) is 16.5 Å². The van der Waals surface area contributed by atoms with Gasteiger partial charge in [0.25, 0.3) is 35.9 Å². The zero-order chi connectivity index (χ0) is 51.5. The number of nitrogens with zero attached hydrogens (tertiary/aromatic N) is 7. The van der Waals surface area contributed by atoms with Crippen LogP contribution in [0.1, 0.15) is 31.2 Å². The van der Waals surface area contributed by atoms with Gasteiger partial charge >= 0.3 is 17.9 Å². The van der Waals surface area contributed by atoms with Gasteiger partial charge in [-0.1, -0.05) is 12.1 Å². The van der Waals surface area contributed by atoms with Crippen LogP contribution in [0.2, 0.25) is 0 Å². The predicted octanol–water partition coefficient (Wildman–Crippen LogP) is 4.85. The zero-order valence-electron chi connectivity index (χ0n) is 34.5. The van der Waals surface area contributed by atoms with Gasteiger partial charge in [0.05, 0.1) is 39.8 Å². The molecule has 0 radical (unpaired) electrons. The molecule has 0 aliphatic carbocycles. The monoisotopic (exact) mass is 1030 g/mol. The first-order valence-corrected chi connectivity index (χ1v) is 23.1. The minimum absolute atomic E-state index is 0.273. The molecular formula is C38H30N8O21S3. The summed E-state index contributed by atoms with van der Waals surface area (Å²) in [6.07, 6.45) is 0. The maximum atomic E-state index is 13.8. The highest BCUT2D eigenvalue weighted by Gasteiger charge is 2.27. The number of ether oxygens (including phenoxy) is 2. The summed E-state index contributed by atoms with van der Waals surface area (Å²) in [7, 11) is -15.1. The Hall–Kier alpha value is -8.37. The van der Waals surface area contributed by atoms with Crippen molar-refractivity contribution in [2.75, 3.05) is 26.4 Å². The van der Waals surface area contributed by atoms with Gasteiger partial charge in [-0.15, -0.1) is 30.7 Å². The van der Waals surface area contributed by atoms with Crippen LogP contribution in [0, 0.1) is 0 Å². The molecule has 0 aliphatic rings. The molecule has 0 fully saturated rings. The molecule has 10 N–H and O–H groups in total. The van der Waals surface area contributed by atoms with Gasteiger partial charge in [-0.3, -0.25) is 23.6 Å². The lowest BCUT2D eigenvalue weighted by molar-refractivity contribution is 0.0681. The van der Waals surface area contributed by atoms with E-state index in [9.17, 15) is 88.7 Å². The number of rotatable bonds is 19. The van der Waals surface area contributed by atoms with Crippen molar-refractivity contribution in [1.29, 1.82) is 0 Å². The van der Waals surface area contributed by atoms with Crippen LogP contribution >= 0.6 is 0 Å². The van der Waals surface area contributed by atoms with E-state index in [1.807, 2.05) is 0 Å². The molecule has 32 heteroatoms. The number of aromatic hydroxyl groups is 1. The maximum absolute atomic E-state index is 13.8. The van der Waals surface area contributed by atoms with Gasteiger partial charge < -0.3 is 40.1 Å². The number of aromatic carboxylic acids is 3. The van der Waals surface area contributed by atoms with E-state index < -0.39 is 140 Å². The van der Waals surface area contributed by atoms with Crippen LogP contribution in [0.3, 0.4) is 0 Å². The fourth-order valence-corrected chi connectivity index (χ4v) is 7.77. The third kappa shape index (κ3) is 11.0. The van der Waals surface area contributed by atoms with E-state index >= 15 is 0 Å². The fraction of sp³-hybridized carbons (Fsp3) is 0.105. The Morgan fingerprint density at radius 2 is 1.04 bits per heavy atom. The van der Waals surface area contributed by atoms with Crippen LogP contribution in [-0.2, 0) is 30.4 Å². The number of azo groups is 3. The molecular weight excluding hydrogens is 1000 g/mol. The van der Waals surface area contributed by atoms with E-state index in [1.54, 1.807) is 0 Å². The van der Waals surface area contributed by atoms with Crippen molar-refractivity contribution in [2.45, 2.75) is 14.7 Å². The molecule has 1 aromatic heterocycles. The van der Waals surface area contributed by atoms with Gasteiger partial charge in [0.2, 0.25) is 0 Å². The summed E-state index contributed by atoms with van der Waals surface area (Å²) in [6.45, 7) is -2.03. The second-order valence-corrected chi connectivity index (χ2v) is 17.9. The van der Waals surface area contributed by atoms with Crippen LogP contribution in [0.15, 0.2) is 123 Å². The number of carboxylic acids is 3. The van der Waals surface area contributed by atoms with Crippen molar-refractivity contribution in [1.82, 2.24) is 9.78 Å². The molecule has 5 aromatic carbocycles. The number of aliphatic hydroxyl groups is 2. The first-order chi connectivity index (χ1) is 32.8. The molecule has 0 bridgehead atoms. The number of carbonyl (C=O) groups is 3. The van der Waals surface area contributed by atoms with Crippen LogP contribution in [-0.4, -0.2) is 124 Å². The van der Waals surface area contributed by atoms with Gasteiger partial charge in [0, 0.05) is 22.9 Å². The predicted molar refractivity (Wildman–Crippen MR) is 233 cm³/mol. The lowest BCUT2D eigenvalue weighted by Gasteiger charge is -2.14. The van der Waals surface area contributed by atoms with E-state index in [0.29, 0.717) is 16.8 Å². The van der Waals surface area contributed by atoms with Gasteiger partial charge in [-0.2, -0.15) is 25.3 Å². The van der Waals surface area contributed by atoms with Gasteiger partial charge in [-0.05, 0) is 48.5 Å². The highest BCUT2D eigenvalue weighted by molar-refractivity contribution is 7.86. The minimum Gasteiger partial charge on any atom is -0.505 e. The summed E-state index contributed by atoms with van der Waals surface area (Å²) in [6, 6.07) is 10.7. The van der Waals surface area contributed by atoms with E-state index in [4.69, 9.17) is 9.47 Å². The number of fused-ring (bicyclic) bond motifs is 1. The average Bonchev–Trinajstić information content (AvgIpc) is 3.62. The zero-order valence-corrected chi connectivity index (χ0v) is 37.0. The van der Waals surface area contributed by atoms with Crippen LogP contribution in [0.4, 0.5) is 34.1 Å². The van der Waals surface area contributed by atoms with Crippen molar-refractivity contribution < 1.29 is 93.4 Å². The number of aromatic nitrogens is 2. The molecule has 6 aromatic rings. The summed E-state index contributed by atoms with van der Waals surface area (Å²) in [5, 5.41) is 84.1. The molecule has 29 nitrogen and oxygen atoms in total. The summed E-state index contributed by atoms with van der Waals surface area (Å²) >= 11 is 0. The maximum Gasteiger partial charge on any atom is 0.356 e. The number of hydrogen-bond donors (Lipinski definition) is 10. The number of aliphatic hydroxyl groups excluding tert-OH is 2. The molecule has 0 aliphatic heterocycles. The first-order valence-electron chi connectivity index (χ1n) is 18.8. The second kappa shape index (κ2) is 20.1. The van der Waals surface area contributed by atoms with Crippen molar-refractivity contribution >= 4 is 93.2 Å². The minimum atomic E-state index is -5.42. The number of hydrogen-bond acceptors (Lipinski definition) is 21. The van der Waals surface area contributed by atoms with E-state index in [-0.39, 0.29) is 39.3 Å². The number of H-pyrrole nitrogens is 1. The van der Waals surface area contributed by atoms with Crippen molar-refractivity contribution in [3.63, 3.8) is 0 Å². The fourth-order valence-electron chi connectivity index (χ4n) is 6.10. The number of phenols is 1. The number of benzene rings is 5. The molecule has 366 valence electrons. The molecule has 0 spiro atoms. The standard InChI is InChI=1S/C38H30N8O21S3/c47-8-10-66-28-16-26(29(67-11-9-48)15-25(28)41-39-23-6-4-17(68(57,58)59)12-21(23)36(51)52)42-43-31-30(70(63,64)65)14-20-19(34(31)49)2-1-3-27(20)46-35(50)32(33(45-46)38(55)56)44-40-24-7-5-18(69(60,61)62)13-22(24)37(53)54/h1-7,12-16,45,47-49H,8-11H2,(H,51,52)(H,53,54)(H,55,56)(H,57,58,59)(H,60,61,62)(H,63,64,65). The Bertz CT molecular complexity index is 3650. The molecule has 0 saturated carbocycles. The Balaban J connectivity index is 1.48. The average molecular weight is 1030 g/mol. The number of aromatic amines is 1. The van der Waals surface area contributed by atoms with Gasteiger partial charge in [-0.25, -0.2) is 19.1 Å². The van der Waals surface area contributed by atoms with Crippen LogP contribution in [0.5, 0.6) is 17.2 Å². The highest BCUT2D eigenvalue weighted by Crippen LogP contribution is 2.46. The van der Waals surface area contributed by atoms with Crippen molar-refractivity contribution in [2.24, 2.45) is 30.7 Å². The lowest BCUT2D eigenvalue weighted by Crippen LogP contribution is -2.14. The smallest absolute Gasteiger partial charge is 0.356 e. The van der Waals surface area contributed by atoms with E-state index in [0.717, 1.165) is 48.5 Å². The number of nitrogens with one attached hydrogen (secondary N) is 1. The Kier molecular flexibility index (Phi) is 14.6. The molecule has 0 saturated heterocycles. The lowest BCUT2D eigenvalue weighted by atomic mass is 10.1. The third-order valence-electron chi connectivity index (χ3n) is 9.18. The quantitative estimate of drug-likeness (QED) is 0.0383. The van der Waals surface area contributed by atoms with Crippen molar-refractivity contribution in [3.05, 3.63) is 100.0 Å². The normalized spacial score (nSPS) is 12.4. The summed E-state index contributed by atoms with van der Waals surface area (Å²) in [5.41, 5.74) is -7.79. The highest BCUT2D eigenvalue weighted by atomic mass is 32.2. The summed E-state index contributed by atoms with van der Waals surface area (Å²) in [4.78, 5) is 47.1. The molecule has 0 unspecified atom stereocenters. The molecule has 0 atom stereocenters. The summed E-state index contributed by atoms with van der Waals surface area (Å²) < 4.78 is 113. The summed E-state index contributed by atoms with van der Waals surface area (Å²) in [5.74, 6) is -6.87. The largest absolute Gasteiger partial charge is 0.505 e. The first kappa shape index (κ1) is 51.0. The van der Waals surface area contributed by atoms with Gasteiger partial charge in [0.15, 0.2) is 17.1 Å². The number of carboxylic acid groups (broad SMARTS) is 3. The third-order valence-corrected chi connectivity index (χ3v) is 11.7. The van der Waals surface area contributed by atoms with E-state index in [1.165, 1.54) is 12.1 Å². The molecule has 6 rings (SSSR count). The Morgan fingerprint density at radius 1 is 0.571 bits per heavy atom. The van der Waals surface area contributed by atoms with Crippen LogP contribution < -0.4 is 15.0 Å². The van der Waals surface area contributed by atoms with Crippen molar-refractivity contribution in [3.8, 4) is 22.9 Å².